The molecular formula is C22H23BrN2O6. The minimum absolute atomic E-state index is 0.104. The molecule has 2 aromatic rings. The lowest BCUT2D eigenvalue weighted by atomic mass is 10.1. The van der Waals surface area contributed by atoms with E-state index in [1.165, 1.54) is 14.2 Å². The molecule has 2 amide bonds. The van der Waals surface area contributed by atoms with Gasteiger partial charge in [-0.25, -0.2) is 0 Å². The van der Waals surface area contributed by atoms with Gasteiger partial charge in [0.25, 0.3) is 11.8 Å². The predicted molar refractivity (Wildman–Crippen MR) is 117 cm³/mol. The van der Waals surface area contributed by atoms with E-state index in [1.54, 1.807) is 34.1 Å². The van der Waals surface area contributed by atoms with Crippen molar-refractivity contribution in [1.82, 2.24) is 4.90 Å². The zero-order valence-electron chi connectivity index (χ0n) is 17.3. The van der Waals surface area contributed by atoms with Crippen LogP contribution in [-0.4, -0.2) is 69.9 Å². The van der Waals surface area contributed by atoms with E-state index in [4.69, 9.17) is 18.9 Å². The number of benzene rings is 2. The standard InChI is InChI=1S/C22H23BrN2O6/c1-28-17-11-14(12-18(29-2)20(17)23)21(26)25-13-19(22(27)24-7-9-30-10-8-24)31-16-6-4-3-5-15(16)25/h3-6,11-12,19H,7-10,13H2,1-2H3/t19-/m1/s1. The lowest BCUT2D eigenvalue weighted by molar-refractivity contribution is -0.142. The molecule has 4 rings (SSSR count). The highest BCUT2D eigenvalue weighted by atomic mass is 79.9. The number of carbonyl (C=O) groups excluding carboxylic acids is 2. The maximum Gasteiger partial charge on any atom is 0.265 e. The minimum atomic E-state index is -0.795. The summed E-state index contributed by atoms with van der Waals surface area (Å²) in [5.74, 6) is 1.02. The number of fused-ring (bicyclic) bond motifs is 1. The van der Waals surface area contributed by atoms with E-state index in [-0.39, 0.29) is 18.4 Å². The van der Waals surface area contributed by atoms with Crippen LogP contribution in [0.1, 0.15) is 10.4 Å². The van der Waals surface area contributed by atoms with Crippen LogP contribution < -0.4 is 19.1 Å². The van der Waals surface area contributed by atoms with Crippen LogP contribution >= 0.6 is 15.9 Å². The van der Waals surface area contributed by atoms with Gasteiger partial charge in [-0.1, -0.05) is 12.1 Å². The highest BCUT2D eigenvalue weighted by molar-refractivity contribution is 9.10. The number of hydrogen-bond donors (Lipinski definition) is 0. The maximum atomic E-state index is 13.6. The van der Waals surface area contributed by atoms with Crippen LogP contribution in [0.3, 0.4) is 0 Å². The molecule has 0 spiro atoms. The molecule has 2 heterocycles. The van der Waals surface area contributed by atoms with Gasteiger partial charge in [0.1, 0.15) is 21.7 Å². The van der Waals surface area contributed by atoms with Crippen molar-refractivity contribution >= 4 is 33.4 Å². The van der Waals surface area contributed by atoms with Crippen molar-refractivity contribution in [3.8, 4) is 17.2 Å². The van der Waals surface area contributed by atoms with Crippen molar-refractivity contribution in [3.05, 3.63) is 46.4 Å². The third-order valence-corrected chi connectivity index (χ3v) is 6.09. The molecule has 0 unspecified atom stereocenters. The molecule has 8 nitrogen and oxygen atoms in total. The van der Waals surface area contributed by atoms with Crippen LogP contribution in [0.15, 0.2) is 40.9 Å². The maximum absolute atomic E-state index is 13.6. The first kappa shape index (κ1) is 21.5. The summed E-state index contributed by atoms with van der Waals surface area (Å²) in [5, 5.41) is 0. The highest BCUT2D eigenvalue weighted by Crippen LogP contribution is 2.38. The van der Waals surface area contributed by atoms with Crippen LogP contribution in [0, 0.1) is 0 Å². The van der Waals surface area contributed by atoms with E-state index in [2.05, 4.69) is 15.9 Å². The Balaban J connectivity index is 1.68. The molecule has 1 fully saturated rings. The first-order chi connectivity index (χ1) is 15.0. The summed E-state index contributed by atoms with van der Waals surface area (Å²) in [7, 11) is 3.05. The molecule has 0 aromatic heterocycles. The topological polar surface area (TPSA) is 77.5 Å². The highest BCUT2D eigenvalue weighted by Gasteiger charge is 2.37. The molecule has 0 bridgehead atoms. The number of nitrogens with zero attached hydrogens (tertiary/aromatic N) is 2. The quantitative estimate of drug-likeness (QED) is 0.655. The molecule has 1 saturated heterocycles. The zero-order valence-corrected chi connectivity index (χ0v) is 18.9. The minimum Gasteiger partial charge on any atom is -0.495 e. The lowest BCUT2D eigenvalue weighted by Gasteiger charge is -2.37. The Labute approximate surface area is 188 Å². The SMILES string of the molecule is COc1cc(C(=O)N2C[C@H](C(=O)N3CCOCC3)Oc3ccccc32)cc(OC)c1Br. The Hall–Kier alpha value is -2.78. The zero-order chi connectivity index (χ0) is 22.0. The lowest BCUT2D eigenvalue weighted by Crippen LogP contribution is -2.54. The summed E-state index contributed by atoms with van der Waals surface area (Å²) in [6.45, 7) is 2.11. The number of halogens is 1. The smallest absolute Gasteiger partial charge is 0.265 e. The summed E-state index contributed by atoms with van der Waals surface area (Å²) in [5.41, 5.74) is 0.991. The molecular weight excluding hydrogens is 468 g/mol. The van der Waals surface area contributed by atoms with Crippen molar-refractivity contribution in [1.29, 1.82) is 0 Å². The van der Waals surface area contributed by atoms with E-state index in [0.717, 1.165) is 0 Å². The number of amides is 2. The second-order valence-corrected chi connectivity index (χ2v) is 7.92. The van der Waals surface area contributed by atoms with Crippen molar-refractivity contribution in [3.63, 3.8) is 0 Å². The molecule has 0 aliphatic carbocycles. The predicted octanol–water partition coefficient (Wildman–Crippen LogP) is 2.73. The Kier molecular flexibility index (Phi) is 6.33. The van der Waals surface area contributed by atoms with Crippen molar-refractivity contribution in [2.24, 2.45) is 0 Å². The second-order valence-electron chi connectivity index (χ2n) is 7.12. The van der Waals surface area contributed by atoms with Crippen LogP contribution in [0.5, 0.6) is 17.2 Å². The van der Waals surface area contributed by atoms with Gasteiger partial charge >= 0.3 is 0 Å². The third kappa shape index (κ3) is 4.20. The Morgan fingerprint density at radius 3 is 2.35 bits per heavy atom. The van der Waals surface area contributed by atoms with E-state index in [0.29, 0.717) is 59.3 Å². The van der Waals surface area contributed by atoms with E-state index >= 15 is 0 Å². The van der Waals surface area contributed by atoms with Crippen molar-refractivity contribution < 1.29 is 28.5 Å². The Morgan fingerprint density at radius 1 is 1.06 bits per heavy atom. The number of methoxy groups -OCH3 is 2. The van der Waals surface area contributed by atoms with Crippen LogP contribution in [0.4, 0.5) is 5.69 Å². The molecule has 1 atom stereocenters. The third-order valence-electron chi connectivity index (χ3n) is 5.31. The van der Waals surface area contributed by atoms with E-state index < -0.39 is 6.10 Å². The fraction of sp³-hybridized carbons (Fsp3) is 0.364. The van der Waals surface area contributed by atoms with E-state index in [9.17, 15) is 9.59 Å². The monoisotopic (exact) mass is 490 g/mol. The fourth-order valence-corrected chi connectivity index (χ4v) is 4.24. The van der Waals surface area contributed by atoms with Crippen LogP contribution in [0.25, 0.3) is 0 Å². The number of carbonyl (C=O) groups is 2. The molecule has 9 heteroatoms. The van der Waals surface area contributed by atoms with Gasteiger partial charge < -0.3 is 28.7 Å². The van der Waals surface area contributed by atoms with Gasteiger partial charge in [-0.2, -0.15) is 0 Å². The van der Waals surface area contributed by atoms with Crippen LogP contribution in [0.2, 0.25) is 0 Å². The average Bonchev–Trinajstić information content (AvgIpc) is 2.83. The average molecular weight is 491 g/mol. The number of rotatable bonds is 4. The summed E-state index contributed by atoms with van der Waals surface area (Å²) in [6, 6.07) is 10.5. The number of anilines is 1. The molecule has 2 aliphatic rings. The first-order valence-corrected chi connectivity index (χ1v) is 10.7. The van der Waals surface area contributed by atoms with Crippen LogP contribution in [-0.2, 0) is 9.53 Å². The molecule has 2 aliphatic heterocycles. The van der Waals surface area contributed by atoms with Gasteiger partial charge in [-0.15, -0.1) is 0 Å². The largest absolute Gasteiger partial charge is 0.495 e. The molecule has 2 aromatic carbocycles. The number of para-hydroxylation sites is 2. The summed E-state index contributed by atoms with van der Waals surface area (Å²) in [6.07, 6.45) is -0.795. The summed E-state index contributed by atoms with van der Waals surface area (Å²) in [4.78, 5) is 29.9. The van der Waals surface area contributed by atoms with Gasteiger partial charge in [0.05, 0.1) is 39.7 Å². The Bertz CT molecular complexity index is 967. The van der Waals surface area contributed by atoms with Gasteiger partial charge in [-0.05, 0) is 40.2 Å². The van der Waals surface area contributed by atoms with Gasteiger partial charge in [0, 0.05) is 18.7 Å². The molecule has 0 radical (unpaired) electrons. The van der Waals surface area contributed by atoms with Gasteiger partial charge in [0.2, 0.25) is 0 Å². The number of hydrogen-bond acceptors (Lipinski definition) is 6. The summed E-state index contributed by atoms with van der Waals surface area (Å²) < 4.78 is 22.7. The van der Waals surface area contributed by atoms with Gasteiger partial charge in [0.15, 0.2) is 6.10 Å². The van der Waals surface area contributed by atoms with E-state index in [1.807, 2.05) is 12.1 Å². The number of morpholine rings is 1. The molecule has 0 saturated carbocycles. The fourth-order valence-electron chi connectivity index (χ4n) is 3.69. The van der Waals surface area contributed by atoms with Crippen molar-refractivity contribution in [2.75, 3.05) is 52.0 Å². The van der Waals surface area contributed by atoms with Crippen molar-refractivity contribution in [2.45, 2.75) is 6.10 Å². The molecule has 0 N–H and O–H groups in total. The molecule has 164 valence electrons. The molecule has 31 heavy (non-hydrogen) atoms. The first-order valence-electron chi connectivity index (χ1n) is 9.89. The number of ether oxygens (including phenoxy) is 4. The Morgan fingerprint density at radius 2 is 1.71 bits per heavy atom. The van der Waals surface area contributed by atoms with Gasteiger partial charge in [-0.3, -0.25) is 9.59 Å². The summed E-state index contributed by atoms with van der Waals surface area (Å²) >= 11 is 3.42. The normalized spacial score (nSPS) is 18.1. The second kappa shape index (κ2) is 9.15.